The first-order chi connectivity index (χ1) is 18.2. The molecule has 2 aromatic rings. The highest BCUT2D eigenvalue weighted by molar-refractivity contribution is 7.91. The van der Waals surface area contributed by atoms with Crippen molar-refractivity contribution < 1.29 is 57.5 Å². The molecule has 2 amide bonds. The van der Waals surface area contributed by atoms with Gasteiger partial charge in [-0.2, -0.15) is 26.3 Å². The van der Waals surface area contributed by atoms with Crippen LogP contribution in [-0.2, 0) is 31.1 Å². The third-order valence-electron chi connectivity index (χ3n) is 5.85. The fourth-order valence-corrected chi connectivity index (χ4v) is 4.55. The lowest BCUT2D eigenvalue weighted by molar-refractivity contribution is -0.202. The molecule has 7 nitrogen and oxygen atoms in total. The molecule has 0 fully saturated rings. The van der Waals surface area contributed by atoms with E-state index < -0.39 is 104 Å². The lowest BCUT2D eigenvalue weighted by Crippen LogP contribution is -2.59. The standard InChI is InChI=1S/C23H18F9N3O4S/c1-40(38,39)10-18(36)34-9-14-13(17-5-2-11(8-33-17)19(25)26)7-21(23(30,31)32,35-20(14)37)15-4-3-12(6-16(15)24)22(27,28)29/h2-6,8,19H,7,9-10H2,1H3,(H,34,36)(H,35,37). The zero-order valence-electron chi connectivity index (χ0n) is 20.1. The van der Waals surface area contributed by atoms with Crippen molar-refractivity contribution in [2.45, 2.75) is 30.7 Å². The number of sulfone groups is 1. The molecule has 1 aliphatic rings. The van der Waals surface area contributed by atoms with E-state index in [2.05, 4.69) is 4.98 Å². The molecule has 17 heteroatoms. The van der Waals surface area contributed by atoms with Gasteiger partial charge >= 0.3 is 12.4 Å². The molecule has 40 heavy (non-hydrogen) atoms. The fourth-order valence-electron chi connectivity index (χ4n) is 3.97. The van der Waals surface area contributed by atoms with E-state index in [-0.39, 0.29) is 18.2 Å². The topological polar surface area (TPSA) is 105 Å². The van der Waals surface area contributed by atoms with Crippen LogP contribution in [0.5, 0.6) is 0 Å². The molecule has 2 N–H and O–H groups in total. The van der Waals surface area contributed by atoms with Crippen molar-refractivity contribution in [3.05, 3.63) is 70.3 Å². The number of hydrogen-bond acceptors (Lipinski definition) is 5. The molecule has 0 aliphatic carbocycles. The normalized spacial score (nSPS) is 18.6. The first kappa shape index (κ1) is 30.9. The molecule has 0 spiro atoms. The van der Waals surface area contributed by atoms with Crippen LogP contribution in [0.2, 0.25) is 0 Å². The average Bonchev–Trinajstić information content (AvgIpc) is 2.80. The third kappa shape index (κ3) is 6.56. The van der Waals surface area contributed by atoms with Crippen molar-refractivity contribution in [2.75, 3.05) is 18.6 Å². The fraction of sp³-hybridized carbons (Fsp3) is 0.348. The molecule has 2 heterocycles. The summed E-state index contributed by atoms with van der Waals surface area (Å²) in [7, 11) is -3.84. The second kappa shape index (κ2) is 10.7. The van der Waals surface area contributed by atoms with E-state index >= 15 is 0 Å². The Morgan fingerprint density at radius 2 is 1.77 bits per heavy atom. The van der Waals surface area contributed by atoms with Crippen molar-refractivity contribution in [2.24, 2.45) is 0 Å². The van der Waals surface area contributed by atoms with Gasteiger partial charge in [0.15, 0.2) is 15.4 Å². The van der Waals surface area contributed by atoms with Gasteiger partial charge in [0.1, 0.15) is 11.6 Å². The Balaban J connectivity index is 2.19. The van der Waals surface area contributed by atoms with Gasteiger partial charge in [0, 0.05) is 42.1 Å². The Morgan fingerprint density at radius 1 is 1.12 bits per heavy atom. The van der Waals surface area contributed by atoms with Gasteiger partial charge in [0.05, 0.1) is 11.3 Å². The predicted molar refractivity (Wildman–Crippen MR) is 121 cm³/mol. The van der Waals surface area contributed by atoms with Gasteiger partial charge in [-0.05, 0) is 29.8 Å². The minimum atomic E-state index is -5.53. The van der Waals surface area contributed by atoms with Crippen LogP contribution in [-0.4, -0.2) is 49.9 Å². The molecular weight excluding hydrogens is 585 g/mol. The first-order valence-corrected chi connectivity index (χ1v) is 13.0. The Hall–Kier alpha value is -3.63. The summed E-state index contributed by atoms with van der Waals surface area (Å²) < 4.78 is 146. The average molecular weight is 603 g/mol. The maximum Gasteiger partial charge on any atom is 0.416 e. The molecular formula is C23H18F9N3O4S. The van der Waals surface area contributed by atoms with Gasteiger partial charge in [-0.15, -0.1) is 0 Å². The Bertz CT molecular complexity index is 1450. The van der Waals surface area contributed by atoms with Crippen molar-refractivity contribution in [1.29, 1.82) is 0 Å². The van der Waals surface area contributed by atoms with Crippen molar-refractivity contribution in [1.82, 2.24) is 15.6 Å². The number of halogens is 9. The van der Waals surface area contributed by atoms with Gasteiger partial charge in [-0.3, -0.25) is 14.6 Å². The summed E-state index contributed by atoms with van der Waals surface area (Å²) in [5.41, 5.74) is -8.93. The van der Waals surface area contributed by atoms with Gasteiger partial charge in [0.2, 0.25) is 11.8 Å². The van der Waals surface area contributed by atoms with E-state index in [1.165, 1.54) is 0 Å². The van der Waals surface area contributed by atoms with E-state index in [9.17, 15) is 57.5 Å². The van der Waals surface area contributed by atoms with E-state index in [1.54, 1.807) is 5.32 Å². The number of carbonyl (C=O) groups excluding carboxylic acids is 2. The summed E-state index contributed by atoms with van der Waals surface area (Å²) in [6.07, 6.45) is -13.7. The Kier molecular flexibility index (Phi) is 8.30. The molecule has 1 unspecified atom stereocenters. The summed E-state index contributed by atoms with van der Waals surface area (Å²) in [6, 6.07) is 1.88. The molecule has 0 bridgehead atoms. The molecule has 0 radical (unpaired) electrons. The van der Waals surface area contributed by atoms with E-state index in [1.807, 2.05) is 5.32 Å². The number of pyridine rings is 1. The van der Waals surface area contributed by atoms with Crippen LogP contribution < -0.4 is 10.6 Å². The highest BCUT2D eigenvalue weighted by Crippen LogP contribution is 2.49. The van der Waals surface area contributed by atoms with Crippen LogP contribution in [0.1, 0.15) is 35.2 Å². The summed E-state index contributed by atoms with van der Waals surface area (Å²) in [6.45, 7) is -0.850. The highest BCUT2D eigenvalue weighted by atomic mass is 32.2. The number of alkyl halides is 8. The molecule has 0 saturated carbocycles. The van der Waals surface area contributed by atoms with Crippen LogP contribution in [0.3, 0.4) is 0 Å². The first-order valence-electron chi connectivity index (χ1n) is 10.9. The lowest BCUT2D eigenvalue weighted by atomic mass is 9.77. The quantitative estimate of drug-likeness (QED) is 0.465. The molecule has 218 valence electrons. The van der Waals surface area contributed by atoms with E-state index in [4.69, 9.17) is 0 Å². The minimum Gasteiger partial charge on any atom is -0.351 e. The van der Waals surface area contributed by atoms with Crippen molar-refractivity contribution in [3.63, 3.8) is 0 Å². The zero-order chi connectivity index (χ0) is 30.3. The van der Waals surface area contributed by atoms with Crippen LogP contribution >= 0.6 is 0 Å². The van der Waals surface area contributed by atoms with Gasteiger partial charge in [-0.1, -0.05) is 6.07 Å². The number of hydrogen-bond donors (Lipinski definition) is 2. The van der Waals surface area contributed by atoms with Gasteiger partial charge in [0.25, 0.3) is 6.43 Å². The highest BCUT2D eigenvalue weighted by Gasteiger charge is 2.60. The molecule has 1 atom stereocenters. The van der Waals surface area contributed by atoms with Crippen LogP contribution in [0.4, 0.5) is 39.5 Å². The summed E-state index contributed by atoms with van der Waals surface area (Å²) in [4.78, 5) is 28.7. The van der Waals surface area contributed by atoms with Crippen LogP contribution in [0.25, 0.3) is 5.57 Å². The number of nitrogens with zero attached hydrogens (tertiary/aromatic N) is 1. The van der Waals surface area contributed by atoms with Crippen molar-refractivity contribution >= 4 is 27.2 Å². The zero-order valence-corrected chi connectivity index (χ0v) is 20.9. The summed E-state index contributed by atoms with van der Waals surface area (Å²) in [5.74, 6) is -5.68. The smallest absolute Gasteiger partial charge is 0.351 e. The van der Waals surface area contributed by atoms with Gasteiger partial charge in [-0.25, -0.2) is 21.6 Å². The third-order valence-corrected chi connectivity index (χ3v) is 6.64. The second-order valence-corrected chi connectivity index (χ2v) is 10.9. The van der Waals surface area contributed by atoms with Crippen molar-refractivity contribution in [3.8, 4) is 0 Å². The molecule has 0 saturated heterocycles. The molecule has 1 aliphatic heterocycles. The number of nitrogens with one attached hydrogen (secondary N) is 2. The second-order valence-electron chi connectivity index (χ2n) is 8.81. The van der Waals surface area contributed by atoms with E-state index in [0.717, 1.165) is 18.4 Å². The molecule has 1 aromatic carbocycles. The minimum absolute atomic E-state index is 0.172. The lowest BCUT2D eigenvalue weighted by Gasteiger charge is -2.41. The number of carbonyl (C=O) groups is 2. The number of benzene rings is 1. The van der Waals surface area contributed by atoms with Crippen LogP contribution in [0.15, 0.2) is 42.1 Å². The number of rotatable bonds is 7. The summed E-state index contributed by atoms with van der Waals surface area (Å²) in [5, 5.41) is 3.62. The maximum absolute atomic E-state index is 14.9. The van der Waals surface area contributed by atoms with Crippen LogP contribution in [0, 0.1) is 5.82 Å². The monoisotopic (exact) mass is 603 g/mol. The molecule has 3 rings (SSSR count). The van der Waals surface area contributed by atoms with Gasteiger partial charge < -0.3 is 10.6 Å². The predicted octanol–water partition coefficient (Wildman–Crippen LogP) is 4.07. The SMILES string of the molecule is CS(=O)(=O)CC(=O)NCC1=C(c2ccc(C(F)F)cn2)CC(c2ccc(C(F)(F)F)cc2F)(C(F)(F)F)NC1=O. The largest absolute Gasteiger partial charge is 0.416 e. The number of aromatic nitrogens is 1. The Labute approximate surface area is 220 Å². The number of amides is 2. The molecule has 1 aromatic heterocycles. The summed E-state index contributed by atoms with van der Waals surface area (Å²) >= 11 is 0. The van der Waals surface area contributed by atoms with E-state index in [0.29, 0.717) is 6.20 Å². The maximum atomic E-state index is 14.9. The Morgan fingerprint density at radius 3 is 2.25 bits per heavy atom.